The summed E-state index contributed by atoms with van der Waals surface area (Å²) in [6, 6.07) is 16.4. The number of thiophene rings is 2. The van der Waals surface area contributed by atoms with Gasteiger partial charge >= 0.3 is 0 Å². The normalized spacial score (nSPS) is 10.8. The highest BCUT2D eigenvalue weighted by molar-refractivity contribution is 7.13. The summed E-state index contributed by atoms with van der Waals surface area (Å²) >= 11 is 3.14. The summed E-state index contributed by atoms with van der Waals surface area (Å²) in [6.07, 6.45) is 3.96. The Bertz CT molecular complexity index is 997. The summed E-state index contributed by atoms with van der Waals surface area (Å²) in [4.78, 5) is 14.7. The molecular weight excluding hydrogens is 360 g/mol. The van der Waals surface area contributed by atoms with Crippen molar-refractivity contribution in [3.63, 3.8) is 0 Å². The molecule has 4 aromatic rings. The first-order valence-corrected chi connectivity index (χ1v) is 10.1. The van der Waals surface area contributed by atoms with Crippen LogP contribution in [-0.4, -0.2) is 10.5 Å². The van der Waals surface area contributed by atoms with Crippen LogP contribution >= 0.6 is 22.7 Å². The number of aryl methyl sites for hydroxylation is 1. The minimum absolute atomic E-state index is 0.0366. The molecule has 0 spiro atoms. The van der Waals surface area contributed by atoms with Gasteiger partial charge in [-0.1, -0.05) is 35.9 Å². The summed E-state index contributed by atoms with van der Waals surface area (Å²) in [5.41, 5.74) is 4.35. The average molecular weight is 379 g/mol. The van der Waals surface area contributed by atoms with E-state index in [1.807, 2.05) is 46.6 Å². The molecule has 5 heteroatoms. The fraction of sp³-hybridized carbons (Fsp3) is 0.0952. The lowest BCUT2D eigenvalue weighted by molar-refractivity contribution is 0.0955. The van der Waals surface area contributed by atoms with Gasteiger partial charge in [0.05, 0.1) is 12.2 Å². The first kappa shape index (κ1) is 16.8. The number of nitrogens with one attached hydrogen (secondary N) is 1. The Morgan fingerprint density at radius 2 is 1.81 bits per heavy atom. The molecule has 3 aromatic heterocycles. The van der Waals surface area contributed by atoms with E-state index in [1.54, 1.807) is 11.3 Å². The van der Waals surface area contributed by atoms with Crippen molar-refractivity contribution in [3.8, 4) is 16.8 Å². The van der Waals surface area contributed by atoms with E-state index in [4.69, 9.17) is 0 Å². The Labute approximate surface area is 160 Å². The zero-order chi connectivity index (χ0) is 17.9. The number of benzene rings is 1. The predicted molar refractivity (Wildman–Crippen MR) is 109 cm³/mol. The fourth-order valence-corrected chi connectivity index (χ4v) is 4.49. The van der Waals surface area contributed by atoms with Gasteiger partial charge < -0.3 is 9.88 Å². The lowest BCUT2D eigenvalue weighted by Gasteiger charge is -2.10. The minimum atomic E-state index is -0.0366. The van der Waals surface area contributed by atoms with Gasteiger partial charge in [-0.2, -0.15) is 0 Å². The highest BCUT2D eigenvalue weighted by atomic mass is 32.1. The van der Waals surface area contributed by atoms with Crippen molar-refractivity contribution in [1.29, 1.82) is 0 Å². The summed E-state index contributed by atoms with van der Waals surface area (Å²) in [6.45, 7) is 2.63. The molecule has 0 bridgehead atoms. The number of carbonyl (C=O) groups is 1. The minimum Gasteiger partial charge on any atom is -0.346 e. The molecule has 3 nitrogen and oxygen atoms in total. The summed E-state index contributed by atoms with van der Waals surface area (Å²) in [5.74, 6) is -0.0366. The average Bonchev–Trinajstić information content (AvgIpc) is 3.40. The van der Waals surface area contributed by atoms with Gasteiger partial charge in [-0.25, -0.2) is 0 Å². The first-order chi connectivity index (χ1) is 12.7. The molecule has 1 N–H and O–H groups in total. The van der Waals surface area contributed by atoms with Crippen LogP contribution in [0.25, 0.3) is 16.8 Å². The Morgan fingerprint density at radius 1 is 1.04 bits per heavy atom. The third-order valence-corrected chi connectivity index (χ3v) is 6.04. The number of hydrogen-bond acceptors (Lipinski definition) is 3. The quantitative estimate of drug-likeness (QED) is 0.488. The monoisotopic (exact) mass is 378 g/mol. The Kier molecular flexibility index (Phi) is 4.73. The fourth-order valence-electron chi connectivity index (χ4n) is 2.85. The number of carbonyl (C=O) groups excluding carboxylic acids is 1. The van der Waals surface area contributed by atoms with Crippen LogP contribution in [0.3, 0.4) is 0 Å². The predicted octanol–water partition coefficient (Wildman–Crippen LogP) is 5.51. The lowest BCUT2D eigenvalue weighted by atomic mass is 10.0. The number of hydrogen-bond donors (Lipinski definition) is 1. The summed E-state index contributed by atoms with van der Waals surface area (Å²) in [7, 11) is 0. The molecule has 0 aliphatic rings. The van der Waals surface area contributed by atoms with Crippen molar-refractivity contribution < 1.29 is 4.79 Å². The van der Waals surface area contributed by atoms with Crippen LogP contribution in [0.1, 0.15) is 20.1 Å². The SMILES string of the molecule is Cc1ccc(-c2csc(C(=O)NCc3cccs3)c2-n2cccc2)cc1. The second-order valence-corrected chi connectivity index (χ2v) is 7.96. The van der Waals surface area contributed by atoms with Crippen molar-refractivity contribution in [2.75, 3.05) is 0 Å². The van der Waals surface area contributed by atoms with E-state index in [2.05, 4.69) is 41.9 Å². The van der Waals surface area contributed by atoms with Gasteiger partial charge in [-0.3, -0.25) is 4.79 Å². The molecule has 0 aliphatic carbocycles. The third-order valence-electron chi connectivity index (χ3n) is 4.20. The van der Waals surface area contributed by atoms with Crippen LogP contribution in [0, 0.1) is 6.92 Å². The molecule has 130 valence electrons. The smallest absolute Gasteiger partial charge is 0.263 e. The molecule has 4 rings (SSSR count). The van der Waals surface area contributed by atoms with Crippen molar-refractivity contribution >= 4 is 28.6 Å². The van der Waals surface area contributed by atoms with E-state index in [-0.39, 0.29) is 5.91 Å². The van der Waals surface area contributed by atoms with Crippen LogP contribution in [0.4, 0.5) is 0 Å². The van der Waals surface area contributed by atoms with Crippen molar-refractivity contribution in [1.82, 2.24) is 9.88 Å². The van der Waals surface area contributed by atoms with Crippen molar-refractivity contribution in [3.05, 3.63) is 87.0 Å². The van der Waals surface area contributed by atoms with Crippen LogP contribution in [0.5, 0.6) is 0 Å². The summed E-state index contributed by atoms with van der Waals surface area (Å²) < 4.78 is 2.02. The molecule has 0 fully saturated rings. The molecule has 3 heterocycles. The number of amides is 1. The maximum atomic E-state index is 12.8. The molecule has 1 aromatic carbocycles. The van der Waals surface area contributed by atoms with Gasteiger partial charge in [0.15, 0.2) is 0 Å². The highest BCUT2D eigenvalue weighted by Gasteiger charge is 2.20. The van der Waals surface area contributed by atoms with E-state index in [0.29, 0.717) is 6.54 Å². The zero-order valence-corrected chi connectivity index (χ0v) is 15.9. The molecule has 0 radical (unpaired) electrons. The van der Waals surface area contributed by atoms with E-state index < -0.39 is 0 Å². The van der Waals surface area contributed by atoms with E-state index in [1.165, 1.54) is 16.9 Å². The van der Waals surface area contributed by atoms with Crippen LogP contribution in [0.15, 0.2) is 71.7 Å². The van der Waals surface area contributed by atoms with Gasteiger partial charge in [0.1, 0.15) is 4.88 Å². The topological polar surface area (TPSA) is 34.0 Å². The van der Waals surface area contributed by atoms with Crippen molar-refractivity contribution in [2.45, 2.75) is 13.5 Å². The van der Waals surface area contributed by atoms with Crippen LogP contribution in [-0.2, 0) is 6.54 Å². The van der Waals surface area contributed by atoms with E-state index in [9.17, 15) is 4.79 Å². The maximum absolute atomic E-state index is 12.8. The molecule has 0 saturated heterocycles. The molecule has 1 amide bonds. The maximum Gasteiger partial charge on any atom is 0.263 e. The number of nitrogens with zero attached hydrogens (tertiary/aromatic N) is 1. The molecule has 0 unspecified atom stereocenters. The largest absolute Gasteiger partial charge is 0.346 e. The second-order valence-electron chi connectivity index (χ2n) is 6.05. The molecule has 0 aliphatic heterocycles. The van der Waals surface area contributed by atoms with Crippen LogP contribution < -0.4 is 5.32 Å². The van der Waals surface area contributed by atoms with Gasteiger partial charge in [0.2, 0.25) is 0 Å². The Morgan fingerprint density at radius 3 is 2.50 bits per heavy atom. The van der Waals surface area contributed by atoms with Gasteiger partial charge in [-0.15, -0.1) is 22.7 Å². The number of rotatable bonds is 5. The Balaban J connectivity index is 1.70. The van der Waals surface area contributed by atoms with Gasteiger partial charge in [-0.05, 0) is 36.1 Å². The standard InChI is InChI=1S/C21H18N2OS2/c1-15-6-8-16(9-7-15)18-14-26-20(19(18)23-10-2-3-11-23)21(24)22-13-17-5-4-12-25-17/h2-12,14H,13H2,1H3,(H,22,24). The van der Waals surface area contributed by atoms with E-state index in [0.717, 1.165) is 26.6 Å². The zero-order valence-electron chi connectivity index (χ0n) is 14.3. The highest BCUT2D eigenvalue weighted by Crippen LogP contribution is 2.35. The first-order valence-electron chi connectivity index (χ1n) is 8.35. The van der Waals surface area contributed by atoms with E-state index >= 15 is 0 Å². The van der Waals surface area contributed by atoms with Crippen molar-refractivity contribution in [2.24, 2.45) is 0 Å². The molecule has 0 saturated carbocycles. The van der Waals surface area contributed by atoms with Crippen LogP contribution in [0.2, 0.25) is 0 Å². The second kappa shape index (κ2) is 7.32. The van der Waals surface area contributed by atoms with Gasteiger partial charge in [0, 0.05) is 28.2 Å². The third kappa shape index (κ3) is 3.36. The Hall–Kier alpha value is -2.63. The lowest BCUT2D eigenvalue weighted by Crippen LogP contribution is -2.22. The number of aromatic nitrogens is 1. The molecule has 26 heavy (non-hydrogen) atoms. The molecule has 0 atom stereocenters. The van der Waals surface area contributed by atoms with Gasteiger partial charge in [0.25, 0.3) is 5.91 Å². The molecular formula is C21H18N2OS2. The summed E-state index contributed by atoms with van der Waals surface area (Å²) in [5, 5.41) is 7.14.